The lowest BCUT2D eigenvalue weighted by Gasteiger charge is -2.08. The first-order valence-corrected chi connectivity index (χ1v) is 10.4. The Bertz CT molecular complexity index is 750. The molecule has 0 aliphatic rings. The molecule has 0 bridgehead atoms. The number of hydrogen-bond acceptors (Lipinski definition) is 5. The number of ether oxygens (including phenoxy) is 3. The molecule has 2 aromatic rings. The Hall–Kier alpha value is -2.82. The molecule has 0 spiro atoms. The summed E-state index contributed by atoms with van der Waals surface area (Å²) in [6.07, 6.45) is 6.28. The van der Waals surface area contributed by atoms with Crippen LogP contribution in [0.1, 0.15) is 73.1 Å². The zero-order valence-electron chi connectivity index (χ0n) is 17.3. The summed E-state index contributed by atoms with van der Waals surface area (Å²) in [5.41, 5.74) is 0.871. The Morgan fingerprint density at radius 1 is 0.655 bits per heavy atom. The van der Waals surface area contributed by atoms with Gasteiger partial charge in [-0.15, -0.1) is 0 Å². The van der Waals surface area contributed by atoms with Crippen molar-refractivity contribution in [3.8, 4) is 11.5 Å². The van der Waals surface area contributed by atoms with Gasteiger partial charge in [0, 0.05) is 0 Å². The van der Waals surface area contributed by atoms with Crippen molar-refractivity contribution in [3.05, 3.63) is 59.7 Å². The maximum absolute atomic E-state index is 12.3. The van der Waals surface area contributed by atoms with Gasteiger partial charge in [-0.25, -0.2) is 9.59 Å². The molecule has 29 heavy (non-hydrogen) atoms. The summed E-state index contributed by atoms with van der Waals surface area (Å²) in [7, 11) is 0. The highest BCUT2D eigenvalue weighted by Crippen LogP contribution is 2.17. The van der Waals surface area contributed by atoms with Crippen LogP contribution >= 0.6 is 0 Å². The molecule has 0 saturated carbocycles. The lowest BCUT2D eigenvalue weighted by Crippen LogP contribution is -2.09. The Kier molecular flexibility index (Phi) is 9.76. The molecule has 2 aromatic carbocycles. The zero-order valence-corrected chi connectivity index (χ0v) is 17.3. The van der Waals surface area contributed by atoms with E-state index in [-0.39, 0.29) is 5.97 Å². The third-order valence-electron chi connectivity index (χ3n) is 4.39. The van der Waals surface area contributed by atoms with Gasteiger partial charge in [0.2, 0.25) is 0 Å². The maximum atomic E-state index is 12.3. The average Bonchev–Trinajstić information content (AvgIpc) is 2.75. The van der Waals surface area contributed by atoms with Crippen molar-refractivity contribution in [1.82, 2.24) is 0 Å². The van der Waals surface area contributed by atoms with Crippen molar-refractivity contribution >= 4 is 11.9 Å². The Labute approximate surface area is 173 Å². The highest BCUT2D eigenvalue weighted by atomic mass is 16.5. The predicted octanol–water partition coefficient (Wildman–Crippen LogP) is 5.82. The zero-order chi connectivity index (χ0) is 20.9. The van der Waals surface area contributed by atoms with E-state index in [1.54, 1.807) is 48.5 Å². The quantitative estimate of drug-likeness (QED) is 0.256. The van der Waals surface area contributed by atoms with Crippen molar-refractivity contribution in [2.24, 2.45) is 0 Å². The van der Waals surface area contributed by atoms with Gasteiger partial charge in [-0.2, -0.15) is 0 Å². The van der Waals surface area contributed by atoms with Gasteiger partial charge in [0.05, 0.1) is 24.3 Å². The molecule has 2 rings (SSSR count). The normalized spacial score (nSPS) is 10.4. The van der Waals surface area contributed by atoms with Crippen molar-refractivity contribution < 1.29 is 23.8 Å². The van der Waals surface area contributed by atoms with Gasteiger partial charge in [0.15, 0.2) is 0 Å². The van der Waals surface area contributed by atoms with Crippen LogP contribution in [0.25, 0.3) is 0 Å². The molecule has 0 aliphatic carbocycles. The molecule has 0 aromatic heterocycles. The van der Waals surface area contributed by atoms with Crippen LogP contribution in [0.2, 0.25) is 0 Å². The van der Waals surface area contributed by atoms with E-state index in [2.05, 4.69) is 13.8 Å². The van der Waals surface area contributed by atoms with E-state index in [1.165, 1.54) is 0 Å². The van der Waals surface area contributed by atoms with Crippen LogP contribution in [0.5, 0.6) is 11.5 Å². The monoisotopic (exact) mass is 398 g/mol. The van der Waals surface area contributed by atoms with Crippen LogP contribution in [0.15, 0.2) is 48.5 Å². The van der Waals surface area contributed by atoms with Gasteiger partial charge in [-0.05, 0) is 61.4 Å². The number of unbranched alkanes of at least 4 members (excludes halogenated alkanes) is 4. The fraction of sp³-hybridized carbons (Fsp3) is 0.417. The van der Waals surface area contributed by atoms with Gasteiger partial charge in [0.1, 0.15) is 11.5 Å². The second kappa shape index (κ2) is 12.6. The number of benzene rings is 2. The Morgan fingerprint density at radius 2 is 1.17 bits per heavy atom. The Balaban J connectivity index is 1.83. The third-order valence-corrected chi connectivity index (χ3v) is 4.39. The van der Waals surface area contributed by atoms with Crippen LogP contribution in [-0.4, -0.2) is 25.2 Å². The summed E-state index contributed by atoms with van der Waals surface area (Å²) in [6, 6.07) is 13.3. The number of carbonyl (C=O) groups is 2. The molecule has 156 valence electrons. The van der Waals surface area contributed by atoms with Gasteiger partial charge in [-0.1, -0.05) is 39.5 Å². The third kappa shape index (κ3) is 7.98. The summed E-state index contributed by atoms with van der Waals surface area (Å²) in [6.45, 7) is 5.33. The summed E-state index contributed by atoms with van der Waals surface area (Å²) in [4.78, 5) is 24.3. The molecular formula is C24H30O5. The molecule has 0 atom stereocenters. The smallest absolute Gasteiger partial charge is 0.343 e. The first-order chi connectivity index (χ1) is 14.1. The standard InChI is InChI=1S/C24H30O5/c1-3-5-7-17-27-21-13-9-20(10-14-21)24(26)29-22-15-11-19(12-16-22)23(25)28-18-8-6-4-2/h9-16H,3-8,17-18H2,1-2H3. The van der Waals surface area contributed by atoms with Gasteiger partial charge in [-0.3, -0.25) is 0 Å². The molecule has 0 aliphatic heterocycles. The van der Waals surface area contributed by atoms with Gasteiger partial charge >= 0.3 is 11.9 Å². The second-order valence-electron chi connectivity index (χ2n) is 6.84. The molecule has 0 radical (unpaired) electrons. The van der Waals surface area contributed by atoms with Crippen LogP contribution in [0, 0.1) is 0 Å². The van der Waals surface area contributed by atoms with Crippen molar-refractivity contribution in [3.63, 3.8) is 0 Å². The van der Waals surface area contributed by atoms with Crippen molar-refractivity contribution in [2.75, 3.05) is 13.2 Å². The highest BCUT2D eigenvalue weighted by molar-refractivity contribution is 5.92. The fourth-order valence-corrected chi connectivity index (χ4v) is 2.65. The van der Waals surface area contributed by atoms with E-state index >= 15 is 0 Å². The van der Waals surface area contributed by atoms with E-state index in [4.69, 9.17) is 14.2 Å². The number of hydrogen-bond donors (Lipinski definition) is 0. The van der Waals surface area contributed by atoms with Crippen molar-refractivity contribution in [1.29, 1.82) is 0 Å². The number of esters is 2. The average molecular weight is 398 g/mol. The van der Waals surface area contributed by atoms with Gasteiger partial charge < -0.3 is 14.2 Å². The van der Waals surface area contributed by atoms with E-state index in [0.29, 0.717) is 30.1 Å². The molecule has 0 fully saturated rings. The topological polar surface area (TPSA) is 61.8 Å². The lowest BCUT2D eigenvalue weighted by molar-refractivity contribution is 0.0498. The van der Waals surface area contributed by atoms with Crippen molar-refractivity contribution in [2.45, 2.75) is 52.4 Å². The summed E-state index contributed by atoms with van der Waals surface area (Å²) >= 11 is 0. The van der Waals surface area contributed by atoms with E-state index < -0.39 is 5.97 Å². The maximum Gasteiger partial charge on any atom is 0.343 e. The summed E-state index contributed by atoms with van der Waals surface area (Å²) < 4.78 is 16.2. The first-order valence-electron chi connectivity index (χ1n) is 10.4. The molecule has 0 saturated heterocycles. The highest BCUT2D eigenvalue weighted by Gasteiger charge is 2.11. The van der Waals surface area contributed by atoms with Crippen LogP contribution in [0.3, 0.4) is 0 Å². The van der Waals surface area contributed by atoms with E-state index in [1.807, 2.05) is 0 Å². The number of carbonyl (C=O) groups excluding carboxylic acids is 2. The molecule has 0 N–H and O–H groups in total. The minimum Gasteiger partial charge on any atom is -0.494 e. The molecule has 0 heterocycles. The molecule has 5 heteroatoms. The SMILES string of the molecule is CCCCCOC(=O)c1ccc(OC(=O)c2ccc(OCCCCC)cc2)cc1. The predicted molar refractivity (Wildman–Crippen MR) is 113 cm³/mol. The first kappa shape index (κ1) is 22.5. The minimum absolute atomic E-state index is 0.367. The Morgan fingerprint density at radius 3 is 1.76 bits per heavy atom. The fourth-order valence-electron chi connectivity index (χ4n) is 2.65. The molecule has 0 amide bonds. The minimum atomic E-state index is -0.461. The second-order valence-corrected chi connectivity index (χ2v) is 6.84. The largest absolute Gasteiger partial charge is 0.494 e. The number of rotatable bonds is 12. The van der Waals surface area contributed by atoms with E-state index in [0.717, 1.165) is 44.3 Å². The molecule has 0 unspecified atom stereocenters. The van der Waals surface area contributed by atoms with E-state index in [9.17, 15) is 9.59 Å². The van der Waals surface area contributed by atoms with Crippen LogP contribution < -0.4 is 9.47 Å². The molecule has 5 nitrogen and oxygen atoms in total. The van der Waals surface area contributed by atoms with Crippen LogP contribution in [-0.2, 0) is 4.74 Å². The van der Waals surface area contributed by atoms with Gasteiger partial charge in [0.25, 0.3) is 0 Å². The summed E-state index contributed by atoms with van der Waals surface area (Å²) in [5.74, 6) is 0.280. The molecular weight excluding hydrogens is 368 g/mol. The summed E-state index contributed by atoms with van der Waals surface area (Å²) in [5, 5.41) is 0. The lowest BCUT2D eigenvalue weighted by atomic mass is 10.2. The van der Waals surface area contributed by atoms with Crippen LogP contribution in [0.4, 0.5) is 0 Å².